The molecule has 2 aromatic carbocycles. The Morgan fingerprint density at radius 3 is 2.30 bits per heavy atom. The molecule has 8 nitrogen and oxygen atoms in total. The molecule has 2 aromatic rings. The Bertz CT molecular complexity index is 881. The molecule has 23 heavy (non-hydrogen) atoms. The second-order valence-corrected chi connectivity index (χ2v) is 6.77. The summed E-state index contributed by atoms with van der Waals surface area (Å²) in [6, 6.07) is 9.10. The third kappa shape index (κ3) is 3.76. The van der Waals surface area contributed by atoms with Crippen molar-refractivity contribution >= 4 is 31.4 Å². The van der Waals surface area contributed by atoms with Gasteiger partial charge in [0.05, 0.1) is 10.5 Å². The van der Waals surface area contributed by atoms with Crippen molar-refractivity contribution in [1.29, 1.82) is 0 Å². The number of hydrogen-bond donors (Lipinski definition) is 1. The first-order chi connectivity index (χ1) is 10.7. The van der Waals surface area contributed by atoms with Gasteiger partial charge in [0.25, 0.3) is 9.05 Å². The molecule has 0 aliphatic rings. The fraction of sp³-hybridized carbons (Fsp3) is 0. The molecule has 2 rings (SSSR count). The summed E-state index contributed by atoms with van der Waals surface area (Å²) in [6.07, 6.45) is 0. The molecule has 0 fully saturated rings. The van der Waals surface area contributed by atoms with Crippen LogP contribution >= 0.6 is 10.7 Å². The van der Waals surface area contributed by atoms with Crippen molar-refractivity contribution in [3.8, 4) is 11.5 Å². The lowest BCUT2D eigenvalue weighted by Crippen LogP contribution is -2.05. The highest BCUT2D eigenvalue weighted by atomic mass is 35.7. The molecular formula is C13H8ClNO7S. The molecule has 0 aliphatic heterocycles. The first-order valence-corrected chi connectivity index (χ1v) is 8.24. The van der Waals surface area contributed by atoms with E-state index >= 15 is 0 Å². The van der Waals surface area contributed by atoms with Crippen LogP contribution in [0.15, 0.2) is 47.4 Å². The van der Waals surface area contributed by atoms with E-state index in [1.54, 1.807) is 18.2 Å². The van der Waals surface area contributed by atoms with Gasteiger partial charge in [-0.25, -0.2) is 13.2 Å². The third-order valence-corrected chi connectivity index (χ3v) is 4.03. The molecule has 0 saturated heterocycles. The van der Waals surface area contributed by atoms with Gasteiger partial charge < -0.3 is 9.84 Å². The predicted molar refractivity (Wildman–Crippen MR) is 79.6 cm³/mol. The van der Waals surface area contributed by atoms with Gasteiger partial charge in [0.1, 0.15) is 10.6 Å². The van der Waals surface area contributed by atoms with E-state index in [1.165, 1.54) is 12.1 Å². The van der Waals surface area contributed by atoms with Crippen LogP contribution in [0.3, 0.4) is 0 Å². The number of carbonyl (C=O) groups is 1. The number of rotatable bonds is 5. The number of hydrogen-bond acceptors (Lipinski definition) is 6. The SMILES string of the molecule is O=C(O)c1cc([N+](=O)[O-])c(Oc2ccccc2)c(S(=O)(=O)Cl)c1. The van der Waals surface area contributed by atoms with E-state index in [0.29, 0.717) is 12.1 Å². The maximum atomic E-state index is 11.7. The van der Waals surface area contributed by atoms with Gasteiger partial charge in [-0.2, -0.15) is 0 Å². The summed E-state index contributed by atoms with van der Waals surface area (Å²) < 4.78 is 28.6. The maximum Gasteiger partial charge on any atom is 0.335 e. The van der Waals surface area contributed by atoms with Gasteiger partial charge in [-0.1, -0.05) is 18.2 Å². The molecule has 0 saturated carbocycles. The number of nitro groups is 1. The standard InChI is InChI=1S/C13H8ClNO7S/c14-23(20,21)11-7-8(13(16)17)6-10(15(18)19)12(11)22-9-4-2-1-3-5-9/h1-7H,(H,16,17). The molecule has 1 N–H and O–H groups in total. The van der Waals surface area contributed by atoms with Crippen molar-refractivity contribution in [2.45, 2.75) is 4.90 Å². The van der Waals surface area contributed by atoms with Crippen molar-refractivity contribution in [1.82, 2.24) is 0 Å². The van der Waals surface area contributed by atoms with Crippen LogP contribution < -0.4 is 4.74 Å². The third-order valence-electron chi connectivity index (χ3n) is 2.70. The summed E-state index contributed by atoms with van der Waals surface area (Å²) in [5, 5.41) is 20.1. The summed E-state index contributed by atoms with van der Waals surface area (Å²) in [5.41, 5.74) is -1.43. The number of para-hydroxylation sites is 1. The fourth-order valence-corrected chi connectivity index (χ4v) is 2.72. The largest absolute Gasteiger partial charge is 0.478 e. The zero-order valence-corrected chi connectivity index (χ0v) is 12.7. The molecule has 0 atom stereocenters. The molecule has 120 valence electrons. The molecule has 0 bridgehead atoms. The highest BCUT2D eigenvalue weighted by Gasteiger charge is 2.30. The Hall–Kier alpha value is -2.65. The Kier molecular flexibility index (Phi) is 4.52. The van der Waals surface area contributed by atoms with Gasteiger partial charge in [-0.15, -0.1) is 0 Å². The molecule has 0 aliphatic carbocycles. The number of ether oxygens (including phenoxy) is 1. The molecular weight excluding hydrogens is 350 g/mol. The predicted octanol–water partition coefficient (Wildman–Crippen LogP) is 3.01. The highest BCUT2D eigenvalue weighted by Crippen LogP contribution is 2.40. The minimum absolute atomic E-state index is 0.125. The van der Waals surface area contributed by atoms with Crippen LogP contribution in [0.5, 0.6) is 11.5 Å². The Morgan fingerprint density at radius 1 is 1.22 bits per heavy atom. The number of halogens is 1. The van der Waals surface area contributed by atoms with Gasteiger partial charge in [-0.05, 0) is 18.2 Å². The number of carboxylic acids is 1. The van der Waals surface area contributed by atoms with E-state index in [-0.39, 0.29) is 5.75 Å². The molecule has 0 amide bonds. The number of carboxylic acid groups (broad SMARTS) is 1. The Morgan fingerprint density at radius 2 is 1.83 bits per heavy atom. The first kappa shape index (κ1) is 16.7. The average Bonchev–Trinajstić information content (AvgIpc) is 2.46. The first-order valence-electron chi connectivity index (χ1n) is 5.93. The zero-order chi connectivity index (χ0) is 17.2. The van der Waals surface area contributed by atoms with Crippen LogP contribution in [0.25, 0.3) is 0 Å². The van der Waals surface area contributed by atoms with Crippen molar-refractivity contribution in [2.75, 3.05) is 0 Å². The van der Waals surface area contributed by atoms with Crippen LogP contribution in [0, 0.1) is 10.1 Å². The van der Waals surface area contributed by atoms with E-state index in [2.05, 4.69) is 0 Å². The second kappa shape index (κ2) is 6.23. The van der Waals surface area contributed by atoms with Gasteiger partial charge in [-0.3, -0.25) is 10.1 Å². The lowest BCUT2D eigenvalue weighted by Gasteiger charge is -2.10. The van der Waals surface area contributed by atoms with Gasteiger partial charge >= 0.3 is 11.7 Å². The van der Waals surface area contributed by atoms with E-state index in [4.69, 9.17) is 20.5 Å². The Balaban J connectivity index is 2.76. The Labute approximate surface area is 134 Å². The van der Waals surface area contributed by atoms with Gasteiger partial charge in [0, 0.05) is 16.7 Å². The second-order valence-electron chi connectivity index (χ2n) is 4.24. The number of nitro benzene ring substituents is 1. The molecule has 10 heteroatoms. The highest BCUT2D eigenvalue weighted by molar-refractivity contribution is 8.13. The quantitative estimate of drug-likeness (QED) is 0.495. The van der Waals surface area contributed by atoms with Crippen LogP contribution in [0.2, 0.25) is 0 Å². The number of nitrogens with zero attached hydrogens (tertiary/aromatic N) is 1. The zero-order valence-electron chi connectivity index (χ0n) is 11.2. The van der Waals surface area contributed by atoms with Crippen molar-refractivity contribution in [3.63, 3.8) is 0 Å². The molecule has 0 radical (unpaired) electrons. The van der Waals surface area contributed by atoms with Crippen molar-refractivity contribution in [3.05, 3.63) is 58.1 Å². The average molecular weight is 358 g/mol. The molecule has 0 heterocycles. The van der Waals surface area contributed by atoms with E-state index in [1.807, 2.05) is 0 Å². The minimum Gasteiger partial charge on any atom is -0.478 e. The normalized spacial score (nSPS) is 11.0. The maximum absolute atomic E-state index is 11.7. The van der Waals surface area contributed by atoms with Crippen LogP contribution in [0.4, 0.5) is 5.69 Å². The number of aromatic carboxylic acids is 1. The molecule has 0 unspecified atom stereocenters. The van der Waals surface area contributed by atoms with Crippen LogP contribution in [-0.4, -0.2) is 24.4 Å². The lowest BCUT2D eigenvalue weighted by atomic mass is 10.2. The summed E-state index contributed by atoms with van der Waals surface area (Å²) in [7, 11) is 0.774. The lowest BCUT2D eigenvalue weighted by molar-refractivity contribution is -0.385. The topological polar surface area (TPSA) is 124 Å². The number of benzene rings is 2. The summed E-state index contributed by atoms with van der Waals surface area (Å²) >= 11 is 0. The van der Waals surface area contributed by atoms with Crippen molar-refractivity contribution in [2.24, 2.45) is 0 Å². The monoisotopic (exact) mass is 357 g/mol. The smallest absolute Gasteiger partial charge is 0.335 e. The van der Waals surface area contributed by atoms with Crippen LogP contribution in [0.1, 0.15) is 10.4 Å². The van der Waals surface area contributed by atoms with E-state index in [9.17, 15) is 23.3 Å². The van der Waals surface area contributed by atoms with Gasteiger partial charge in [0.15, 0.2) is 0 Å². The van der Waals surface area contributed by atoms with Crippen molar-refractivity contribution < 1.29 is 28.0 Å². The summed E-state index contributed by atoms with van der Waals surface area (Å²) in [6.45, 7) is 0. The molecule has 0 aromatic heterocycles. The van der Waals surface area contributed by atoms with E-state index < -0.39 is 41.8 Å². The van der Waals surface area contributed by atoms with E-state index in [0.717, 1.165) is 0 Å². The fourth-order valence-electron chi connectivity index (χ4n) is 1.74. The summed E-state index contributed by atoms with van der Waals surface area (Å²) in [5.74, 6) is -2.07. The minimum atomic E-state index is -4.49. The van der Waals surface area contributed by atoms with Crippen LogP contribution in [-0.2, 0) is 9.05 Å². The summed E-state index contributed by atoms with van der Waals surface area (Å²) in [4.78, 5) is 20.4. The van der Waals surface area contributed by atoms with Gasteiger partial charge in [0.2, 0.25) is 5.75 Å². The molecule has 0 spiro atoms.